The number of nitrogens with zero attached hydrogens (tertiary/aromatic N) is 6. The first kappa shape index (κ1) is 21.1. The van der Waals surface area contributed by atoms with Crippen LogP contribution in [0.2, 0.25) is 10.0 Å². The maximum absolute atomic E-state index is 13.2. The number of benzene rings is 2. The predicted molar refractivity (Wildman–Crippen MR) is 127 cm³/mol. The van der Waals surface area contributed by atoms with E-state index < -0.39 is 0 Å². The Morgan fingerprint density at radius 2 is 1.88 bits per heavy atom. The number of nitrogens with one attached hydrogen (secondary N) is 1. The molecule has 0 bridgehead atoms. The third-order valence-corrected chi connectivity index (χ3v) is 5.81. The van der Waals surface area contributed by atoms with Crippen LogP contribution in [-0.2, 0) is 13.6 Å². The summed E-state index contributed by atoms with van der Waals surface area (Å²) in [4.78, 5) is 22.1. The maximum Gasteiger partial charge on any atom is 0.258 e. The van der Waals surface area contributed by atoms with Gasteiger partial charge in [0.1, 0.15) is 6.33 Å². The molecule has 0 aliphatic carbocycles. The van der Waals surface area contributed by atoms with Crippen molar-refractivity contribution in [2.24, 2.45) is 7.05 Å². The van der Waals surface area contributed by atoms with Gasteiger partial charge >= 0.3 is 0 Å². The Balaban J connectivity index is 1.44. The highest BCUT2D eigenvalue weighted by atomic mass is 35.5. The van der Waals surface area contributed by atoms with Crippen LogP contribution in [0.15, 0.2) is 67.3 Å². The van der Waals surface area contributed by atoms with E-state index in [-0.39, 0.29) is 11.9 Å². The number of amides is 1. The fourth-order valence-corrected chi connectivity index (χ4v) is 4.02. The van der Waals surface area contributed by atoms with Crippen LogP contribution in [0.1, 0.15) is 15.9 Å². The first-order valence-electron chi connectivity index (χ1n) is 10.0. The molecule has 5 aromatic rings. The van der Waals surface area contributed by atoms with Crippen molar-refractivity contribution in [1.82, 2.24) is 29.5 Å². The minimum atomic E-state index is -0.340. The lowest BCUT2D eigenvalue weighted by Gasteiger charge is -2.08. The molecule has 8 nitrogen and oxygen atoms in total. The molecule has 10 heteroatoms. The zero-order chi connectivity index (χ0) is 22.9. The van der Waals surface area contributed by atoms with E-state index in [9.17, 15) is 4.79 Å². The number of fused-ring (bicyclic) bond motifs is 1. The second-order valence-electron chi connectivity index (χ2n) is 7.39. The molecule has 164 valence electrons. The van der Waals surface area contributed by atoms with Gasteiger partial charge in [-0.05, 0) is 24.3 Å². The maximum atomic E-state index is 13.2. The standard InChI is InChI=1S/C23H17Cl2N7O/c1-31-11-14(10-27-31)21-9-16(15-5-2-3-8-20(15)28-21)22(33)29-23-26-13-32(30-23)12-17-18(24)6-4-7-19(17)25/h2-11,13H,12H2,1H3,(H,29,30,33). The normalized spacial score (nSPS) is 11.1. The topological polar surface area (TPSA) is 90.5 Å². The average Bonchev–Trinajstić information content (AvgIpc) is 3.44. The Kier molecular flexibility index (Phi) is 5.53. The van der Waals surface area contributed by atoms with E-state index in [0.717, 1.165) is 16.5 Å². The van der Waals surface area contributed by atoms with E-state index in [1.165, 1.54) is 6.33 Å². The van der Waals surface area contributed by atoms with Crippen LogP contribution in [0.3, 0.4) is 0 Å². The van der Waals surface area contributed by atoms with Crippen LogP contribution in [0.5, 0.6) is 0 Å². The molecule has 0 fully saturated rings. The Morgan fingerprint density at radius 3 is 2.64 bits per heavy atom. The van der Waals surface area contributed by atoms with Crippen LogP contribution in [0.25, 0.3) is 22.2 Å². The zero-order valence-corrected chi connectivity index (χ0v) is 18.9. The van der Waals surface area contributed by atoms with Gasteiger partial charge in [-0.3, -0.25) is 14.8 Å². The monoisotopic (exact) mass is 477 g/mol. The Labute approximate surface area is 198 Å². The average molecular weight is 478 g/mol. The van der Waals surface area contributed by atoms with Gasteiger partial charge in [0, 0.05) is 39.8 Å². The molecule has 0 atom stereocenters. The quantitative estimate of drug-likeness (QED) is 0.391. The number of para-hydroxylation sites is 1. The smallest absolute Gasteiger partial charge is 0.258 e. The molecule has 0 spiro atoms. The lowest BCUT2D eigenvalue weighted by molar-refractivity contribution is 0.102. The summed E-state index contributed by atoms with van der Waals surface area (Å²) in [6.45, 7) is 0.324. The number of halogens is 2. The molecule has 0 aliphatic heterocycles. The van der Waals surface area contributed by atoms with Crippen molar-refractivity contribution in [1.29, 1.82) is 0 Å². The lowest BCUT2D eigenvalue weighted by Crippen LogP contribution is -2.14. The zero-order valence-electron chi connectivity index (χ0n) is 17.4. The molecular formula is C23H17Cl2N7O. The number of aryl methyl sites for hydroxylation is 1. The second-order valence-corrected chi connectivity index (χ2v) is 8.21. The summed E-state index contributed by atoms with van der Waals surface area (Å²) in [6, 6.07) is 14.5. The van der Waals surface area contributed by atoms with E-state index in [1.807, 2.05) is 37.5 Å². The number of carbonyl (C=O) groups is 1. The molecule has 0 unspecified atom stereocenters. The molecule has 3 aromatic heterocycles. The van der Waals surface area contributed by atoms with E-state index in [1.54, 1.807) is 39.8 Å². The number of carbonyl (C=O) groups excluding carboxylic acids is 1. The Hall–Kier alpha value is -3.75. The SMILES string of the molecule is Cn1cc(-c2cc(C(=O)Nc3ncn(Cc4c(Cl)cccc4Cl)n3)c3ccccc3n2)cn1. The van der Waals surface area contributed by atoms with E-state index >= 15 is 0 Å². The molecule has 5 rings (SSSR count). The highest BCUT2D eigenvalue weighted by molar-refractivity contribution is 6.36. The molecular weight excluding hydrogens is 461 g/mol. The summed E-state index contributed by atoms with van der Waals surface area (Å²) in [6.07, 6.45) is 5.07. The highest BCUT2D eigenvalue weighted by Gasteiger charge is 2.17. The van der Waals surface area contributed by atoms with Gasteiger partial charge < -0.3 is 0 Å². The van der Waals surface area contributed by atoms with Gasteiger partial charge in [0.25, 0.3) is 5.91 Å². The van der Waals surface area contributed by atoms with Gasteiger partial charge in [-0.1, -0.05) is 47.5 Å². The van der Waals surface area contributed by atoms with Gasteiger partial charge in [-0.2, -0.15) is 5.10 Å². The molecule has 0 saturated carbocycles. The summed E-state index contributed by atoms with van der Waals surface area (Å²) in [7, 11) is 1.83. The highest BCUT2D eigenvalue weighted by Crippen LogP contribution is 2.26. The molecule has 3 heterocycles. The van der Waals surface area contributed by atoms with Crippen molar-refractivity contribution < 1.29 is 4.79 Å². The van der Waals surface area contributed by atoms with Crippen LogP contribution in [-0.4, -0.2) is 35.4 Å². The number of rotatable bonds is 5. The second kappa shape index (κ2) is 8.65. The number of pyridine rings is 1. The fraction of sp³-hybridized carbons (Fsp3) is 0.0870. The van der Waals surface area contributed by atoms with Gasteiger partial charge in [0.05, 0.1) is 29.5 Å². The molecule has 1 amide bonds. The molecule has 2 aromatic carbocycles. The first-order valence-corrected chi connectivity index (χ1v) is 10.8. The first-order chi connectivity index (χ1) is 16.0. The number of aromatic nitrogens is 6. The number of hydrogen-bond donors (Lipinski definition) is 1. The number of anilines is 1. The van der Waals surface area contributed by atoms with Crippen molar-refractivity contribution in [2.75, 3.05) is 5.32 Å². The van der Waals surface area contributed by atoms with Gasteiger partial charge in [0.2, 0.25) is 5.95 Å². The Bertz CT molecular complexity index is 1470. The fourth-order valence-electron chi connectivity index (χ4n) is 3.51. The van der Waals surface area contributed by atoms with Crippen molar-refractivity contribution in [3.05, 3.63) is 88.4 Å². The van der Waals surface area contributed by atoms with Crippen molar-refractivity contribution in [3.63, 3.8) is 0 Å². The summed E-state index contributed by atoms with van der Waals surface area (Å²) in [5.41, 5.74) is 3.36. The van der Waals surface area contributed by atoms with Crippen molar-refractivity contribution in [3.8, 4) is 11.3 Å². The summed E-state index contributed by atoms with van der Waals surface area (Å²) in [5, 5.41) is 13.1. The minimum Gasteiger partial charge on any atom is -0.289 e. The Morgan fingerprint density at radius 1 is 1.09 bits per heavy atom. The predicted octanol–water partition coefficient (Wildman–Crippen LogP) is 4.83. The molecule has 1 N–H and O–H groups in total. The summed E-state index contributed by atoms with van der Waals surface area (Å²) in [5.74, 6) is -0.167. The van der Waals surface area contributed by atoms with Crippen LogP contribution < -0.4 is 5.32 Å². The van der Waals surface area contributed by atoms with Gasteiger partial charge in [-0.15, -0.1) is 5.10 Å². The molecule has 0 saturated heterocycles. The van der Waals surface area contributed by atoms with Crippen molar-refractivity contribution in [2.45, 2.75) is 6.54 Å². The summed E-state index contributed by atoms with van der Waals surface area (Å²) >= 11 is 12.5. The van der Waals surface area contributed by atoms with Crippen LogP contribution in [0, 0.1) is 0 Å². The van der Waals surface area contributed by atoms with E-state index in [2.05, 4.69) is 25.5 Å². The molecule has 33 heavy (non-hydrogen) atoms. The van der Waals surface area contributed by atoms with Crippen LogP contribution >= 0.6 is 23.2 Å². The minimum absolute atomic E-state index is 0.173. The lowest BCUT2D eigenvalue weighted by atomic mass is 10.1. The number of hydrogen-bond acceptors (Lipinski definition) is 5. The summed E-state index contributed by atoms with van der Waals surface area (Å²) < 4.78 is 3.25. The van der Waals surface area contributed by atoms with Crippen molar-refractivity contribution >= 4 is 46.0 Å². The third-order valence-electron chi connectivity index (χ3n) is 5.11. The van der Waals surface area contributed by atoms with Crippen LogP contribution in [0.4, 0.5) is 5.95 Å². The van der Waals surface area contributed by atoms with Gasteiger partial charge in [0.15, 0.2) is 0 Å². The third kappa shape index (κ3) is 4.30. The van der Waals surface area contributed by atoms with Gasteiger partial charge in [-0.25, -0.2) is 14.6 Å². The largest absolute Gasteiger partial charge is 0.289 e. The molecule has 0 aliphatic rings. The van der Waals surface area contributed by atoms with E-state index in [4.69, 9.17) is 23.2 Å². The molecule has 0 radical (unpaired) electrons. The van der Waals surface area contributed by atoms with E-state index in [0.29, 0.717) is 33.4 Å².